The van der Waals surface area contributed by atoms with Crippen LogP contribution in [-0.4, -0.2) is 42.0 Å². The number of nitrogens with one attached hydrogen (secondary N) is 1. The van der Waals surface area contributed by atoms with E-state index in [2.05, 4.69) is 5.10 Å². The highest BCUT2D eigenvalue weighted by Gasteiger charge is 2.30. The molecule has 1 rings (SSSR count). The molecule has 0 aliphatic heterocycles. The fourth-order valence-corrected chi connectivity index (χ4v) is 1.94. The maximum atomic E-state index is 11.9. The first-order chi connectivity index (χ1) is 8.10. The minimum Gasteiger partial charge on any atom is -0.480 e. The second kappa shape index (κ2) is 4.94. The van der Waals surface area contributed by atoms with E-state index in [4.69, 9.17) is 5.11 Å². The van der Waals surface area contributed by atoms with Crippen molar-refractivity contribution < 1.29 is 31.5 Å². The van der Waals surface area contributed by atoms with Crippen LogP contribution in [0, 0.1) is 0 Å². The fourth-order valence-electron chi connectivity index (χ4n) is 0.969. The third kappa shape index (κ3) is 4.33. The smallest absolute Gasteiger partial charge is 0.402 e. The molecule has 11 heteroatoms. The Labute approximate surface area is 99.3 Å². The van der Waals surface area contributed by atoms with E-state index in [0.717, 1.165) is 17.1 Å². The Balaban J connectivity index is 2.79. The zero-order valence-corrected chi connectivity index (χ0v) is 9.49. The van der Waals surface area contributed by atoms with Gasteiger partial charge in [0.15, 0.2) is 0 Å². The quantitative estimate of drug-likeness (QED) is 0.781. The van der Waals surface area contributed by atoms with Gasteiger partial charge in [-0.1, -0.05) is 0 Å². The van der Waals surface area contributed by atoms with E-state index >= 15 is 0 Å². The average Bonchev–Trinajstić information content (AvgIpc) is 2.62. The number of sulfonamides is 1. The second-order valence-corrected chi connectivity index (χ2v) is 4.97. The Morgan fingerprint density at radius 1 is 1.50 bits per heavy atom. The number of halogens is 3. The average molecular weight is 287 g/mol. The van der Waals surface area contributed by atoms with Crippen LogP contribution in [-0.2, 0) is 21.4 Å². The Morgan fingerprint density at radius 3 is 2.61 bits per heavy atom. The summed E-state index contributed by atoms with van der Waals surface area (Å²) in [6.07, 6.45) is -3.08. The van der Waals surface area contributed by atoms with Gasteiger partial charge in [-0.25, -0.2) is 13.1 Å². The first-order valence-electron chi connectivity index (χ1n) is 4.41. The highest BCUT2D eigenvalue weighted by molar-refractivity contribution is 7.89. The van der Waals surface area contributed by atoms with Gasteiger partial charge in [0.1, 0.15) is 18.0 Å². The van der Waals surface area contributed by atoms with Crippen molar-refractivity contribution in [2.45, 2.75) is 17.6 Å². The van der Waals surface area contributed by atoms with Crippen molar-refractivity contribution in [1.29, 1.82) is 0 Å². The summed E-state index contributed by atoms with van der Waals surface area (Å²) < 4.78 is 60.4. The Kier molecular flexibility index (Phi) is 3.96. The molecule has 0 unspecified atom stereocenters. The second-order valence-electron chi connectivity index (χ2n) is 3.21. The van der Waals surface area contributed by atoms with Crippen LogP contribution in [0.3, 0.4) is 0 Å². The molecular formula is C7H8F3N3O4S. The van der Waals surface area contributed by atoms with Crippen LogP contribution in [0.1, 0.15) is 0 Å². The largest absolute Gasteiger partial charge is 0.480 e. The lowest BCUT2D eigenvalue weighted by molar-refractivity contribution is -0.137. The lowest BCUT2D eigenvalue weighted by Gasteiger charge is -2.07. The van der Waals surface area contributed by atoms with Gasteiger partial charge in [-0.05, 0) is 0 Å². The SMILES string of the molecule is O=C(O)Cn1cc(S(=O)(=O)NCC(F)(F)F)cn1. The molecule has 0 fully saturated rings. The van der Waals surface area contributed by atoms with Crippen LogP contribution in [0.25, 0.3) is 0 Å². The number of carboxylic acids is 1. The zero-order valence-electron chi connectivity index (χ0n) is 8.68. The predicted molar refractivity (Wildman–Crippen MR) is 51.1 cm³/mol. The molecule has 102 valence electrons. The molecule has 1 aromatic rings. The molecule has 0 saturated carbocycles. The molecule has 0 aliphatic rings. The van der Waals surface area contributed by atoms with Gasteiger partial charge in [0.2, 0.25) is 10.0 Å². The Bertz CT molecular complexity index is 536. The van der Waals surface area contributed by atoms with Gasteiger partial charge >= 0.3 is 12.1 Å². The number of aliphatic carboxylic acids is 1. The normalized spacial score (nSPS) is 12.6. The van der Waals surface area contributed by atoms with Crippen LogP contribution in [0.4, 0.5) is 13.2 Å². The van der Waals surface area contributed by atoms with Crippen LogP contribution in [0.5, 0.6) is 0 Å². The van der Waals surface area contributed by atoms with Gasteiger partial charge in [0.05, 0.1) is 6.20 Å². The summed E-state index contributed by atoms with van der Waals surface area (Å²) in [5, 5.41) is 11.8. The van der Waals surface area contributed by atoms with E-state index < -0.39 is 40.2 Å². The first-order valence-corrected chi connectivity index (χ1v) is 5.89. The standard InChI is InChI=1S/C7H8F3N3O4S/c8-7(9,10)4-12-18(16,17)5-1-11-13(2-5)3-6(14)15/h1-2,12H,3-4H2,(H,14,15). The molecule has 1 heterocycles. The molecule has 0 amide bonds. The van der Waals surface area contributed by atoms with E-state index in [1.54, 1.807) is 0 Å². The molecule has 7 nitrogen and oxygen atoms in total. The number of carboxylic acid groups (broad SMARTS) is 1. The molecule has 0 aliphatic carbocycles. The molecule has 0 spiro atoms. The van der Waals surface area contributed by atoms with Gasteiger partial charge in [0.25, 0.3) is 0 Å². The summed E-state index contributed by atoms with van der Waals surface area (Å²) in [5.41, 5.74) is 0. The fraction of sp³-hybridized carbons (Fsp3) is 0.429. The third-order valence-electron chi connectivity index (χ3n) is 1.68. The summed E-state index contributed by atoms with van der Waals surface area (Å²) in [4.78, 5) is 9.78. The number of nitrogens with zero attached hydrogens (tertiary/aromatic N) is 2. The van der Waals surface area contributed by atoms with E-state index in [-0.39, 0.29) is 0 Å². The van der Waals surface area contributed by atoms with Crippen molar-refractivity contribution in [3.63, 3.8) is 0 Å². The van der Waals surface area contributed by atoms with Gasteiger partial charge in [-0.2, -0.15) is 18.3 Å². The number of rotatable bonds is 5. The minimum absolute atomic E-state index is 0.534. The summed E-state index contributed by atoms with van der Waals surface area (Å²) in [6, 6.07) is 0. The molecule has 1 aromatic heterocycles. The molecule has 0 radical (unpaired) electrons. The van der Waals surface area contributed by atoms with Crippen molar-refractivity contribution >= 4 is 16.0 Å². The monoisotopic (exact) mass is 287 g/mol. The molecule has 0 atom stereocenters. The Morgan fingerprint density at radius 2 is 2.11 bits per heavy atom. The molecule has 0 bridgehead atoms. The van der Waals surface area contributed by atoms with Crippen LogP contribution < -0.4 is 4.72 Å². The minimum atomic E-state index is -4.68. The molecule has 0 aromatic carbocycles. The number of hydrogen-bond acceptors (Lipinski definition) is 4. The molecule has 18 heavy (non-hydrogen) atoms. The first kappa shape index (κ1) is 14.4. The zero-order chi connectivity index (χ0) is 14.0. The van der Waals surface area contributed by atoms with Gasteiger partial charge in [-0.15, -0.1) is 0 Å². The number of carbonyl (C=O) groups is 1. The van der Waals surface area contributed by atoms with Gasteiger partial charge < -0.3 is 5.11 Å². The highest BCUT2D eigenvalue weighted by atomic mass is 32.2. The predicted octanol–water partition coefficient (Wildman–Crippen LogP) is -0.192. The molecule has 0 saturated heterocycles. The van der Waals surface area contributed by atoms with Crippen molar-refractivity contribution in [3.8, 4) is 0 Å². The summed E-state index contributed by atoms with van der Waals surface area (Å²) in [6.45, 7) is -2.30. The van der Waals surface area contributed by atoms with Crippen LogP contribution in [0.15, 0.2) is 17.3 Å². The molecular weight excluding hydrogens is 279 g/mol. The van der Waals surface area contributed by atoms with Crippen molar-refractivity contribution in [1.82, 2.24) is 14.5 Å². The number of alkyl halides is 3. The van der Waals surface area contributed by atoms with Gasteiger partial charge in [0, 0.05) is 6.20 Å². The third-order valence-corrected chi connectivity index (χ3v) is 3.04. The number of aromatic nitrogens is 2. The van der Waals surface area contributed by atoms with E-state index in [1.807, 2.05) is 0 Å². The summed E-state index contributed by atoms with van der Waals surface area (Å²) >= 11 is 0. The Hall–Kier alpha value is -1.62. The molecule has 2 N–H and O–H groups in total. The van der Waals surface area contributed by atoms with Crippen LogP contribution in [0.2, 0.25) is 0 Å². The van der Waals surface area contributed by atoms with E-state index in [0.29, 0.717) is 0 Å². The van der Waals surface area contributed by atoms with E-state index in [9.17, 15) is 26.4 Å². The highest BCUT2D eigenvalue weighted by Crippen LogP contribution is 2.14. The maximum Gasteiger partial charge on any atom is 0.402 e. The van der Waals surface area contributed by atoms with Crippen LogP contribution >= 0.6 is 0 Å². The van der Waals surface area contributed by atoms with Crippen molar-refractivity contribution in [2.24, 2.45) is 0 Å². The topological polar surface area (TPSA) is 101 Å². The summed E-state index contributed by atoms with van der Waals surface area (Å²) in [5.74, 6) is -1.26. The van der Waals surface area contributed by atoms with E-state index in [1.165, 1.54) is 4.72 Å². The van der Waals surface area contributed by atoms with Gasteiger partial charge in [-0.3, -0.25) is 9.48 Å². The lowest BCUT2D eigenvalue weighted by Crippen LogP contribution is -2.33. The lowest BCUT2D eigenvalue weighted by atomic mass is 10.6. The van der Waals surface area contributed by atoms with Crippen molar-refractivity contribution in [2.75, 3.05) is 6.54 Å². The number of hydrogen-bond donors (Lipinski definition) is 2. The van der Waals surface area contributed by atoms with Crippen molar-refractivity contribution in [3.05, 3.63) is 12.4 Å². The summed E-state index contributed by atoms with van der Waals surface area (Å²) in [7, 11) is -4.35. The maximum absolute atomic E-state index is 11.9.